The first-order valence-electron chi connectivity index (χ1n) is 8.43. The SMILES string of the molecule is S=C1NC2=C(CCCC2=Cc2ccccc2)[C@H](c2ccccc2)N1. The van der Waals surface area contributed by atoms with Crippen molar-refractivity contribution in [1.29, 1.82) is 0 Å². The average molecular weight is 332 g/mol. The molecule has 0 fully saturated rings. The highest BCUT2D eigenvalue weighted by Crippen LogP contribution is 2.38. The summed E-state index contributed by atoms with van der Waals surface area (Å²) in [6, 6.07) is 21.3. The second-order valence-corrected chi connectivity index (χ2v) is 6.68. The van der Waals surface area contributed by atoms with Crippen LogP contribution in [0.3, 0.4) is 0 Å². The highest BCUT2D eigenvalue weighted by Gasteiger charge is 2.30. The van der Waals surface area contributed by atoms with Gasteiger partial charge in [-0.1, -0.05) is 60.7 Å². The first-order valence-corrected chi connectivity index (χ1v) is 8.83. The van der Waals surface area contributed by atoms with Crippen molar-refractivity contribution in [1.82, 2.24) is 10.6 Å². The highest BCUT2D eigenvalue weighted by molar-refractivity contribution is 7.80. The van der Waals surface area contributed by atoms with Gasteiger partial charge in [0.05, 0.1) is 6.04 Å². The molecule has 24 heavy (non-hydrogen) atoms. The van der Waals surface area contributed by atoms with Crippen LogP contribution in [0.25, 0.3) is 6.08 Å². The minimum atomic E-state index is 0.175. The molecule has 2 N–H and O–H groups in total. The minimum absolute atomic E-state index is 0.175. The molecule has 4 rings (SSSR count). The molecular formula is C21H20N2S. The molecule has 0 aromatic heterocycles. The number of benzene rings is 2. The van der Waals surface area contributed by atoms with Crippen LogP contribution in [0.5, 0.6) is 0 Å². The van der Waals surface area contributed by atoms with Crippen LogP contribution in [0.15, 0.2) is 77.5 Å². The molecule has 0 saturated heterocycles. The van der Waals surface area contributed by atoms with E-state index in [1.807, 2.05) is 0 Å². The lowest BCUT2D eigenvalue weighted by Crippen LogP contribution is -2.45. The Hall–Kier alpha value is -2.39. The van der Waals surface area contributed by atoms with Crippen molar-refractivity contribution >= 4 is 23.4 Å². The summed E-state index contributed by atoms with van der Waals surface area (Å²) in [4.78, 5) is 0. The van der Waals surface area contributed by atoms with Crippen molar-refractivity contribution in [2.75, 3.05) is 0 Å². The van der Waals surface area contributed by atoms with Crippen LogP contribution in [0.4, 0.5) is 0 Å². The molecule has 120 valence electrons. The smallest absolute Gasteiger partial charge is 0.171 e. The van der Waals surface area contributed by atoms with Crippen LogP contribution in [0, 0.1) is 0 Å². The van der Waals surface area contributed by atoms with Gasteiger partial charge in [0.25, 0.3) is 0 Å². The van der Waals surface area contributed by atoms with E-state index in [-0.39, 0.29) is 6.04 Å². The third-order valence-corrected chi connectivity index (χ3v) is 4.89. The Morgan fingerprint density at radius 1 is 0.917 bits per heavy atom. The molecule has 0 bridgehead atoms. The maximum Gasteiger partial charge on any atom is 0.171 e. The average Bonchev–Trinajstić information content (AvgIpc) is 2.63. The van der Waals surface area contributed by atoms with Crippen LogP contribution in [0.2, 0.25) is 0 Å². The third kappa shape index (κ3) is 3.00. The molecule has 3 heteroatoms. The minimum Gasteiger partial charge on any atom is -0.352 e. The van der Waals surface area contributed by atoms with Gasteiger partial charge < -0.3 is 10.6 Å². The lowest BCUT2D eigenvalue weighted by molar-refractivity contribution is 0.609. The van der Waals surface area contributed by atoms with E-state index in [9.17, 15) is 0 Å². The van der Waals surface area contributed by atoms with Crippen LogP contribution >= 0.6 is 12.2 Å². The van der Waals surface area contributed by atoms with Gasteiger partial charge in [-0.15, -0.1) is 0 Å². The van der Waals surface area contributed by atoms with Crippen LogP contribution in [0.1, 0.15) is 36.4 Å². The van der Waals surface area contributed by atoms with Crippen molar-refractivity contribution in [2.24, 2.45) is 0 Å². The van der Waals surface area contributed by atoms with E-state index in [1.165, 1.54) is 34.4 Å². The predicted molar refractivity (Wildman–Crippen MR) is 103 cm³/mol. The highest BCUT2D eigenvalue weighted by atomic mass is 32.1. The van der Waals surface area contributed by atoms with Gasteiger partial charge in [0, 0.05) is 5.70 Å². The molecule has 2 aromatic rings. The fourth-order valence-electron chi connectivity index (χ4n) is 3.57. The summed E-state index contributed by atoms with van der Waals surface area (Å²) in [5.41, 5.74) is 6.51. The zero-order valence-electron chi connectivity index (χ0n) is 13.5. The summed E-state index contributed by atoms with van der Waals surface area (Å²) >= 11 is 5.49. The van der Waals surface area contributed by atoms with Crippen molar-refractivity contribution in [3.05, 3.63) is 88.6 Å². The van der Waals surface area contributed by atoms with Crippen molar-refractivity contribution in [3.63, 3.8) is 0 Å². The van der Waals surface area contributed by atoms with E-state index >= 15 is 0 Å². The summed E-state index contributed by atoms with van der Waals surface area (Å²) in [7, 11) is 0. The van der Waals surface area contributed by atoms with Gasteiger partial charge in [-0.3, -0.25) is 0 Å². The molecule has 0 saturated carbocycles. The lowest BCUT2D eigenvalue weighted by atomic mass is 9.83. The largest absolute Gasteiger partial charge is 0.352 e. The maximum absolute atomic E-state index is 5.49. The molecule has 1 atom stereocenters. The van der Waals surface area contributed by atoms with E-state index in [1.54, 1.807) is 0 Å². The van der Waals surface area contributed by atoms with Crippen LogP contribution in [-0.4, -0.2) is 5.11 Å². The second-order valence-electron chi connectivity index (χ2n) is 6.28. The van der Waals surface area contributed by atoms with Gasteiger partial charge in [-0.2, -0.15) is 0 Å². The van der Waals surface area contributed by atoms with Crippen molar-refractivity contribution in [2.45, 2.75) is 25.3 Å². The molecule has 0 spiro atoms. The molecule has 1 aliphatic heterocycles. The Morgan fingerprint density at radius 3 is 2.38 bits per heavy atom. The molecule has 0 amide bonds. The van der Waals surface area contributed by atoms with Gasteiger partial charge >= 0.3 is 0 Å². The predicted octanol–water partition coefficient (Wildman–Crippen LogP) is 4.73. The fourth-order valence-corrected chi connectivity index (χ4v) is 3.79. The quantitative estimate of drug-likeness (QED) is 0.778. The number of allylic oxidation sites excluding steroid dienone is 1. The Balaban J connectivity index is 1.77. The van der Waals surface area contributed by atoms with E-state index in [0.717, 1.165) is 12.8 Å². The Labute approximate surface area is 148 Å². The topological polar surface area (TPSA) is 24.1 Å². The molecule has 1 aliphatic carbocycles. The normalized spacial score (nSPS) is 21.9. The molecule has 0 radical (unpaired) electrons. The summed E-state index contributed by atoms with van der Waals surface area (Å²) in [5.74, 6) is 0. The van der Waals surface area contributed by atoms with Gasteiger partial charge in [0.1, 0.15) is 0 Å². The van der Waals surface area contributed by atoms with Crippen molar-refractivity contribution in [3.8, 4) is 0 Å². The molecule has 2 aromatic carbocycles. The number of hydrogen-bond donors (Lipinski definition) is 2. The Morgan fingerprint density at radius 2 is 1.62 bits per heavy atom. The van der Waals surface area contributed by atoms with E-state index in [4.69, 9.17) is 12.2 Å². The Bertz CT molecular complexity index is 806. The molecule has 2 nitrogen and oxygen atoms in total. The third-order valence-electron chi connectivity index (χ3n) is 4.67. The lowest BCUT2D eigenvalue weighted by Gasteiger charge is -2.36. The second kappa shape index (κ2) is 6.62. The summed E-state index contributed by atoms with van der Waals surface area (Å²) in [6.45, 7) is 0. The monoisotopic (exact) mass is 332 g/mol. The van der Waals surface area contributed by atoms with E-state index < -0.39 is 0 Å². The van der Waals surface area contributed by atoms with Gasteiger partial charge in [0.15, 0.2) is 5.11 Å². The Kier molecular flexibility index (Phi) is 4.18. The standard InChI is InChI=1S/C21H20N2S/c24-21-22-19(16-10-5-2-6-11-16)18-13-7-12-17(20(18)23-21)14-15-8-3-1-4-9-15/h1-6,8-11,14,19H,7,12-13H2,(H2,22,23,24)/t19-/m0/s1. The fraction of sp³-hybridized carbons (Fsp3) is 0.190. The number of rotatable bonds is 2. The number of nitrogens with one attached hydrogen (secondary N) is 2. The van der Waals surface area contributed by atoms with Crippen LogP contribution < -0.4 is 10.6 Å². The molecule has 1 heterocycles. The molecular weight excluding hydrogens is 312 g/mol. The van der Waals surface area contributed by atoms with Gasteiger partial charge in [-0.25, -0.2) is 0 Å². The molecule has 2 aliphatic rings. The zero-order chi connectivity index (χ0) is 16.4. The van der Waals surface area contributed by atoms with Crippen molar-refractivity contribution < 1.29 is 0 Å². The number of thiocarbonyl (C=S) groups is 1. The van der Waals surface area contributed by atoms with E-state index in [0.29, 0.717) is 5.11 Å². The first kappa shape index (κ1) is 15.2. The van der Waals surface area contributed by atoms with Gasteiger partial charge in [-0.05, 0) is 59.8 Å². The summed E-state index contributed by atoms with van der Waals surface area (Å²) < 4.78 is 0. The molecule has 0 unspecified atom stereocenters. The van der Waals surface area contributed by atoms with E-state index in [2.05, 4.69) is 77.4 Å². The van der Waals surface area contributed by atoms with Crippen LogP contribution in [-0.2, 0) is 0 Å². The first-order chi connectivity index (χ1) is 11.8. The van der Waals surface area contributed by atoms with Gasteiger partial charge in [0.2, 0.25) is 0 Å². The number of hydrogen-bond acceptors (Lipinski definition) is 1. The maximum atomic E-state index is 5.49. The zero-order valence-corrected chi connectivity index (χ0v) is 14.3. The summed E-state index contributed by atoms with van der Waals surface area (Å²) in [5, 5.41) is 7.58. The summed E-state index contributed by atoms with van der Waals surface area (Å²) in [6.07, 6.45) is 5.66.